The summed E-state index contributed by atoms with van der Waals surface area (Å²) in [5.41, 5.74) is -0.227. The van der Waals surface area contributed by atoms with Gasteiger partial charge in [0, 0.05) is 6.54 Å². The molecule has 0 aliphatic heterocycles. The Balaban J connectivity index is 2.93. The first-order valence-corrected chi connectivity index (χ1v) is 5.67. The van der Waals surface area contributed by atoms with Crippen LogP contribution in [0, 0.1) is 10.1 Å². The fourth-order valence-corrected chi connectivity index (χ4v) is 1.24. The van der Waals surface area contributed by atoms with E-state index in [0.717, 1.165) is 6.42 Å². The van der Waals surface area contributed by atoms with Gasteiger partial charge < -0.3 is 10.1 Å². The largest absolute Gasteiger partial charge is 0.472 e. The van der Waals surface area contributed by atoms with E-state index >= 15 is 0 Å². The molecule has 0 saturated carbocycles. The first-order chi connectivity index (χ1) is 8.70. The molecule has 0 fully saturated rings. The first kappa shape index (κ1) is 13.9. The van der Waals surface area contributed by atoms with Crippen LogP contribution in [0.2, 0.25) is 0 Å². The Morgan fingerprint density at radius 2 is 2.39 bits per heavy atom. The summed E-state index contributed by atoms with van der Waals surface area (Å²) in [6.07, 6.45) is 4.35. The van der Waals surface area contributed by atoms with Crippen molar-refractivity contribution in [3.05, 3.63) is 29.1 Å². The van der Waals surface area contributed by atoms with Crippen LogP contribution in [-0.4, -0.2) is 28.0 Å². The van der Waals surface area contributed by atoms with Crippen LogP contribution in [0.1, 0.15) is 19.8 Å². The van der Waals surface area contributed by atoms with Crippen LogP contribution < -0.4 is 10.1 Å². The zero-order valence-electron chi connectivity index (χ0n) is 10.3. The van der Waals surface area contributed by atoms with Crippen molar-refractivity contribution in [3.8, 4) is 5.88 Å². The number of nitrogens with one attached hydrogen (secondary N) is 1. The van der Waals surface area contributed by atoms with Crippen LogP contribution in [-0.2, 0) is 0 Å². The van der Waals surface area contributed by atoms with Crippen LogP contribution in [0.3, 0.4) is 0 Å². The molecule has 0 aliphatic carbocycles. The Morgan fingerprint density at radius 3 is 3.00 bits per heavy atom. The monoisotopic (exact) mass is 252 g/mol. The highest BCUT2D eigenvalue weighted by molar-refractivity contribution is 5.61. The summed E-state index contributed by atoms with van der Waals surface area (Å²) < 4.78 is 5.26. The van der Waals surface area contributed by atoms with E-state index in [1.165, 1.54) is 6.33 Å². The highest BCUT2D eigenvalue weighted by Crippen LogP contribution is 2.30. The van der Waals surface area contributed by atoms with E-state index in [-0.39, 0.29) is 17.4 Å². The van der Waals surface area contributed by atoms with Gasteiger partial charge in [0.1, 0.15) is 6.33 Å². The predicted octanol–water partition coefficient (Wildman–Crippen LogP) is 2.16. The molecule has 7 nitrogen and oxygen atoms in total. The second kappa shape index (κ2) is 7.21. The van der Waals surface area contributed by atoms with Gasteiger partial charge in [0.2, 0.25) is 5.82 Å². The molecular weight excluding hydrogens is 236 g/mol. The smallest absolute Gasteiger partial charge is 0.372 e. The van der Waals surface area contributed by atoms with Gasteiger partial charge in [-0.1, -0.05) is 13.0 Å². The van der Waals surface area contributed by atoms with Gasteiger partial charge in [0.05, 0.1) is 11.5 Å². The van der Waals surface area contributed by atoms with E-state index < -0.39 is 4.92 Å². The summed E-state index contributed by atoms with van der Waals surface area (Å²) in [4.78, 5) is 18.1. The standard InChI is InChI=1S/C11H16N4O3/c1-3-5-7-18-11-9(15(16)17)10(12-6-4-2)13-8-14-11/h3,8H,1,4-7H2,2H3,(H,12,13,14). The van der Waals surface area contributed by atoms with E-state index in [9.17, 15) is 10.1 Å². The Hall–Kier alpha value is -2.18. The molecule has 0 radical (unpaired) electrons. The van der Waals surface area contributed by atoms with Crippen molar-refractivity contribution >= 4 is 11.5 Å². The number of rotatable bonds is 8. The number of ether oxygens (including phenoxy) is 1. The minimum atomic E-state index is -0.540. The average molecular weight is 252 g/mol. The minimum absolute atomic E-state index is 0.0181. The van der Waals surface area contributed by atoms with Gasteiger partial charge in [-0.25, -0.2) is 4.98 Å². The third-order valence-electron chi connectivity index (χ3n) is 2.07. The fraction of sp³-hybridized carbons (Fsp3) is 0.455. The van der Waals surface area contributed by atoms with Gasteiger partial charge in [0.15, 0.2) is 0 Å². The van der Waals surface area contributed by atoms with E-state index in [4.69, 9.17) is 4.74 Å². The number of aromatic nitrogens is 2. The van der Waals surface area contributed by atoms with Crippen LogP contribution >= 0.6 is 0 Å². The summed E-state index contributed by atoms with van der Waals surface area (Å²) >= 11 is 0. The van der Waals surface area contributed by atoms with Crippen molar-refractivity contribution in [2.24, 2.45) is 0 Å². The van der Waals surface area contributed by atoms with Gasteiger partial charge in [0.25, 0.3) is 5.88 Å². The molecule has 0 atom stereocenters. The maximum absolute atomic E-state index is 11.0. The summed E-state index contributed by atoms with van der Waals surface area (Å²) in [5.74, 6) is 0.168. The number of nitro groups is 1. The van der Waals surface area contributed by atoms with Gasteiger partial charge in [-0.3, -0.25) is 10.1 Å². The highest BCUT2D eigenvalue weighted by atomic mass is 16.6. The molecule has 1 aromatic heterocycles. The van der Waals surface area contributed by atoms with Gasteiger partial charge in [-0.15, -0.1) is 6.58 Å². The number of nitrogens with zero attached hydrogens (tertiary/aromatic N) is 3. The second-order valence-corrected chi connectivity index (χ2v) is 3.49. The zero-order chi connectivity index (χ0) is 13.4. The fourth-order valence-electron chi connectivity index (χ4n) is 1.24. The van der Waals surface area contributed by atoms with Crippen LogP contribution in [0.25, 0.3) is 0 Å². The molecular formula is C11H16N4O3. The lowest BCUT2D eigenvalue weighted by molar-refractivity contribution is -0.385. The van der Waals surface area contributed by atoms with Crippen molar-refractivity contribution in [3.63, 3.8) is 0 Å². The van der Waals surface area contributed by atoms with Crippen molar-refractivity contribution < 1.29 is 9.66 Å². The maximum Gasteiger partial charge on any atom is 0.372 e. The summed E-state index contributed by atoms with van der Waals surface area (Å²) in [6.45, 7) is 6.41. The molecule has 1 aromatic rings. The van der Waals surface area contributed by atoms with E-state index in [1.807, 2.05) is 6.92 Å². The molecule has 0 amide bonds. The average Bonchev–Trinajstić information content (AvgIpc) is 2.36. The Bertz CT molecular complexity index is 423. The minimum Gasteiger partial charge on any atom is -0.472 e. The van der Waals surface area contributed by atoms with Crippen molar-refractivity contribution in [1.29, 1.82) is 0 Å². The molecule has 7 heteroatoms. The van der Waals surface area contributed by atoms with Crippen molar-refractivity contribution in [2.75, 3.05) is 18.5 Å². The van der Waals surface area contributed by atoms with Gasteiger partial charge >= 0.3 is 5.69 Å². The van der Waals surface area contributed by atoms with Crippen molar-refractivity contribution in [1.82, 2.24) is 9.97 Å². The van der Waals surface area contributed by atoms with Crippen molar-refractivity contribution in [2.45, 2.75) is 19.8 Å². The zero-order valence-corrected chi connectivity index (χ0v) is 10.3. The molecule has 0 aromatic carbocycles. The lowest BCUT2D eigenvalue weighted by Gasteiger charge is -2.08. The molecule has 0 bridgehead atoms. The Morgan fingerprint density at radius 1 is 1.61 bits per heavy atom. The molecule has 1 rings (SSSR count). The molecule has 18 heavy (non-hydrogen) atoms. The number of anilines is 1. The second-order valence-electron chi connectivity index (χ2n) is 3.49. The van der Waals surface area contributed by atoms with Crippen LogP contribution in [0.4, 0.5) is 11.5 Å². The topological polar surface area (TPSA) is 90.2 Å². The van der Waals surface area contributed by atoms with Crippen LogP contribution in [0.15, 0.2) is 19.0 Å². The highest BCUT2D eigenvalue weighted by Gasteiger charge is 2.23. The number of hydrogen-bond donors (Lipinski definition) is 1. The maximum atomic E-state index is 11.0. The van der Waals surface area contributed by atoms with Gasteiger partial charge in [-0.2, -0.15) is 4.98 Å². The Labute approximate surface area is 105 Å². The normalized spacial score (nSPS) is 9.83. The van der Waals surface area contributed by atoms with E-state index in [0.29, 0.717) is 19.6 Å². The quantitative estimate of drug-likeness (QED) is 0.330. The van der Waals surface area contributed by atoms with E-state index in [1.54, 1.807) is 6.08 Å². The lowest BCUT2D eigenvalue weighted by atomic mass is 10.4. The Kier molecular flexibility index (Phi) is 5.56. The molecule has 0 aliphatic rings. The number of hydrogen-bond acceptors (Lipinski definition) is 6. The van der Waals surface area contributed by atoms with Gasteiger partial charge in [-0.05, 0) is 12.8 Å². The van der Waals surface area contributed by atoms with E-state index in [2.05, 4.69) is 21.9 Å². The molecule has 1 heterocycles. The molecule has 0 saturated heterocycles. The molecule has 1 N–H and O–H groups in total. The third kappa shape index (κ3) is 3.69. The summed E-state index contributed by atoms with van der Waals surface area (Å²) in [5, 5.41) is 13.9. The third-order valence-corrected chi connectivity index (χ3v) is 2.07. The summed E-state index contributed by atoms with van der Waals surface area (Å²) in [6, 6.07) is 0. The van der Waals surface area contributed by atoms with Crippen LogP contribution in [0.5, 0.6) is 5.88 Å². The molecule has 0 unspecified atom stereocenters. The SMILES string of the molecule is C=CCCOc1ncnc(NCCC)c1[N+](=O)[O-]. The molecule has 98 valence electrons. The summed E-state index contributed by atoms with van der Waals surface area (Å²) in [7, 11) is 0. The lowest BCUT2D eigenvalue weighted by Crippen LogP contribution is -2.09. The first-order valence-electron chi connectivity index (χ1n) is 5.67. The molecule has 0 spiro atoms. The predicted molar refractivity (Wildman–Crippen MR) is 67.8 cm³/mol.